The molecule has 0 unspecified atom stereocenters. The molecule has 1 aromatic heterocycles. The van der Waals surface area contributed by atoms with Gasteiger partial charge in [-0.05, 0) is 25.3 Å². The lowest BCUT2D eigenvalue weighted by Crippen LogP contribution is -2.01. The zero-order valence-electron chi connectivity index (χ0n) is 10.2. The van der Waals surface area contributed by atoms with Crippen LogP contribution in [-0.4, -0.2) is 11.2 Å². The highest BCUT2D eigenvalue weighted by molar-refractivity contribution is 7.98. The first kappa shape index (κ1) is 12.9. The lowest BCUT2D eigenvalue weighted by molar-refractivity contribution is 1.11. The van der Waals surface area contributed by atoms with Gasteiger partial charge in [-0.3, -0.25) is 0 Å². The summed E-state index contributed by atoms with van der Waals surface area (Å²) < 4.78 is 0. The van der Waals surface area contributed by atoms with Crippen LogP contribution in [0.1, 0.15) is 16.1 Å². The highest BCUT2D eigenvalue weighted by Gasteiger charge is 2.08. The normalized spacial score (nSPS) is 10.1. The minimum absolute atomic E-state index is 0.711. The molecule has 0 saturated heterocycles. The van der Waals surface area contributed by atoms with Gasteiger partial charge in [0.25, 0.3) is 0 Å². The third-order valence-corrected chi connectivity index (χ3v) is 4.36. The molecule has 3 nitrogen and oxygen atoms in total. The minimum Gasteiger partial charge on any atom is -0.379 e. The smallest absolute Gasteiger partial charge is 0.102 e. The topological polar surface area (TPSA) is 48.7 Å². The van der Waals surface area contributed by atoms with Crippen LogP contribution in [0, 0.1) is 18.3 Å². The molecule has 0 spiro atoms. The van der Waals surface area contributed by atoms with Crippen molar-refractivity contribution in [2.45, 2.75) is 18.4 Å². The van der Waals surface area contributed by atoms with E-state index in [9.17, 15) is 5.26 Å². The fourth-order valence-electron chi connectivity index (χ4n) is 1.64. The van der Waals surface area contributed by atoms with Crippen LogP contribution in [0.15, 0.2) is 28.6 Å². The average Bonchev–Trinajstić information content (AvgIpc) is 2.81. The molecule has 92 valence electrons. The molecule has 0 bridgehead atoms. The van der Waals surface area contributed by atoms with Gasteiger partial charge in [-0.1, -0.05) is 6.07 Å². The Labute approximate surface area is 115 Å². The van der Waals surface area contributed by atoms with Gasteiger partial charge in [0.05, 0.1) is 29.0 Å². The van der Waals surface area contributed by atoms with E-state index >= 15 is 0 Å². The van der Waals surface area contributed by atoms with Gasteiger partial charge in [0.1, 0.15) is 6.07 Å². The van der Waals surface area contributed by atoms with E-state index in [1.165, 1.54) is 4.88 Å². The zero-order valence-corrected chi connectivity index (χ0v) is 11.9. The number of nitrogens with zero attached hydrogens (tertiary/aromatic N) is 2. The van der Waals surface area contributed by atoms with Gasteiger partial charge in [-0.25, -0.2) is 4.98 Å². The Balaban J connectivity index is 2.20. The van der Waals surface area contributed by atoms with Gasteiger partial charge < -0.3 is 5.32 Å². The van der Waals surface area contributed by atoms with Crippen LogP contribution in [0.4, 0.5) is 5.69 Å². The van der Waals surface area contributed by atoms with E-state index in [2.05, 4.69) is 16.4 Å². The van der Waals surface area contributed by atoms with Crippen LogP contribution >= 0.6 is 23.1 Å². The summed E-state index contributed by atoms with van der Waals surface area (Å²) in [5.74, 6) is 0. The highest BCUT2D eigenvalue weighted by Crippen LogP contribution is 2.27. The van der Waals surface area contributed by atoms with E-state index in [-0.39, 0.29) is 0 Å². The molecule has 0 atom stereocenters. The monoisotopic (exact) mass is 275 g/mol. The molecule has 0 aliphatic heterocycles. The molecule has 0 fully saturated rings. The molecule has 1 aromatic carbocycles. The number of thioether (sulfide) groups is 1. The van der Waals surface area contributed by atoms with Gasteiger partial charge in [0.2, 0.25) is 0 Å². The Kier molecular flexibility index (Phi) is 4.24. The number of nitrogens with one attached hydrogen (secondary N) is 1. The second-order valence-electron chi connectivity index (χ2n) is 3.71. The number of nitriles is 1. The molecule has 0 aliphatic carbocycles. The van der Waals surface area contributed by atoms with Gasteiger partial charge >= 0.3 is 0 Å². The first-order chi connectivity index (χ1) is 8.76. The third-order valence-electron chi connectivity index (χ3n) is 2.64. The van der Waals surface area contributed by atoms with Gasteiger partial charge in [-0.15, -0.1) is 23.1 Å². The Hall–Kier alpha value is -1.51. The summed E-state index contributed by atoms with van der Waals surface area (Å²) in [4.78, 5) is 6.42. The van der Waals surface area contributed by atoms with Crippen LogP contribution in [-0.2, 0) is 6.54 Å². The zero-order chi connectivity index (χ0) is 13.0. The number of aromatic nitrogens is 1. The van der Waals surface area contributed by atoms with E-state index < -0.39 is 0 Å². The van der Waals surface area contributed by atoms with Crippen LogP contribution in [0.5, 0.6) is 0 Å². The largest absolute Gasteiger partial charge is 0.379 e. The maximum atomic E-state index is 9.23. The fourth-order valence-corrected chi connectivity index (χ4v) is 2.93. The first-order valence-electron chi connectivity index (χ1n) is 5.46. The van der Waals surface area contributed by atoms with Crippen molar-refractivity contribution >= 4 is 28.8 Å². The van der Waals surface area contributed by atoms with E-state index in [0.717, 1.165) is 16.3 Å². The standard InChI is InChI=1S/C13H13N3S2/c1-9-13(18-8-16-9)7-15-11-4-3-5-12(17-2)10(11)6-14/h3-5,8,15H,7H2,1-2H3. The van der Waals surface area contributed by atoms with Crippen LogP contribution in [0.25, 0.3) is 0 Å². The first-order valence-corrected chi connectivity index (χ1v) is 7.56. The minimum atomic E-state index is 0.711. The summed E-state index contributed by atoms with van der Waals surface area (Å²) in [6, 6.07) is 8.13. The molecule has 0 radical (unpaired) electrons. The van der Waals surface area contributed by atoms with Gasteiger partial charge in [0, 0.05) is 9.77 Å². The van der Waals surface area contributed by atoms with E-state index in [1.807, 2.05) is 36.9 Å². The molecule has 1 heterocycles. The Bertz CT molecular complexity index is 584. The lowest BCUT2D eigenvalue weighted by atomic mass is 10.2. The molecule has 0 saturated carbocycles. The molecule has 0 aliphatic rings. The SMILES string of the molecule is CSc1cccc(NCc2scnc2C)c1C#N. The summed E-state index contributed by atoms with van der Waals surface area (Å²) in [5, 5.41) is 12.5. The fraction of sp³-hybridized carbons (Fsp3) is 0.231. The van der Waals surface area contributed by atoms with E-state index in [0.29, 0.717) is 12.1 Å². The van der Waals surface area contributed by atoms with Crippen molar-refractivity contribution in [3.8, 4) is 6.07 Å². The Morgan fingerprint density at radius 1 is 1.50 bits per heavy atom. The van der Waals surface area contributed by atoms with Gasteiger partial charge in [0.15, 0.2) is 0 Å². The summed E-state index contributed by atoms with van der Waals surface area (Å²) in [5.41, 5.74) is 4.49. The molecule has 18 heavy (non-hydrogen) atoms. The van der Waals surface area contributed by atoms with Crippen molar-refractivity contribution in [1.82, 2.24) is 4.98 Å². The maximum absolute atomic E-state index is 9.23. The molecule has 2 rings (SSSR count). The summed E-state index contributed by atoms with van der Waals surface area (Å²) in [6.45, 7) is 2.71. The van der Waals surface area contributed by atoms with Crippen molar-refractivity contribution in [1.29, 1.82) is 5.26 Å². The molecule has 2 aromatic rings. The van der Waals surface area contributed by atoms with Crippen molar-refractivity contribution in [2.75, 3.05) is 11.6 Å². The molecular weight excluding hydrogens is 262 g/mol. The summed E-state index contributed by atoms with van der Waals surface area (Å²) >= 11 is 3.22. The van der Waals surface area contributed by atoms with Crippen molar-refractivity contribution in [3.05, 3.63) is 39.8 Å². The van der Waals surface area contributed by atoms with Crippen molar-refractivity contribution < 1.29 is 0 Å². The van der Waals surface area contributed by atoms with Crippen molar-refractivity contribution in [3.63, 3.8) is 0 Å². The number of benzene rings is 1. The molecule has 1 N–H and O–H groups in total. The Morgan fingerprint density at radius 3 is 2.94 bits per heavy atom. The highest BCUT2D eigenvalue weighted by atomic mass is 32.2. The van der Waals surface area contributed by atoms with Crippen molar-refractivity contribution in [2.24, 2.45) is 0 Å². The summed E-state index contributed by atoms with van der Waals surface area (Å²) in [7, 11) is 0. The van der Waals surface area contributed by atoms with Crippen LogP contribution < -0.4 is 5.32 Å². The maximum Gasteiger partial charge on any atom is 0.102 e. The predicted octanol–water partition coefficient (Wildman–Crippen LogP) is 3.66. The van der Waals surface area contributed by atoms with Gasteiger partial charge in [-0.2, -0.15) is 5.26 Å². The number of hydrogen-bond acceptors (Lipinski definition) is 5. The molecule has 5 heteroatoms. The second kappa shape index (κ2) is 5.89. The average molecular weight is 275 g/mol. The van der Waals surface area contributed by atoms with E-state index in [4.69, 9.17) is 0 Å². The quantitative estimate of drug-likeness (QED) is 0.865. The molecule has 0 amide bonds. The molecular formula is C13H13N3S2. The number of rotatable bonds is 4. The third kappa shape index (κ3) is 2.66. The summed E-state index contributed by atoms with van der Waals surface area (Å²) in [6.07, 6.45) is 1.98. The number of anilines is 1. The number of hydrogen-bond donors (Lipinski definition) is 1. The Morgan fingerprint density at radius 2 is 2.33 bits per heavy atom. The van der Waals surface area contributed by atoms with E-state index in [1.54, 1.807) is 23.1 Å². The van der Waals surface area contributed by atoms with Crippen LogP contribution in [0.3, 0.4) is 0 Å². The second-order valence-corrected chi connectivity index (χ2v) is 5.50. The van der Waals surface area contributed by atoms with Crippen LogP contribution in [0.2, 0.25) is 0 Å². The predicted molar refractivity (Wildman–Crippen MR) is 77.1 cm³/mol. The lowest BCUT2D eigenvalue weighted by Gasteiger charge is -2.09. The number of thiazole rings is 1. The number of aryl methyl sites for hydroxylation is 1.